The molecular weight excluding hydrogens is 408 g/mol. The van der Waals surface area contributed by atoms with E-state index in [0.29, 0.717) is 13.2 Å². The van der Waals surface area contributed by atoms with Crippen molar-refractivity contribution in [3.63, 3.8) is 0 Å². The molecule has 6 rings (SSSR count). The van der Waals surface area contributed by atoms with Crippen molar-refractivity contribution in [1.29, 1.82) is 0 Å². The molecule has 0 bridgehead atoms. The number of nitrogens with zero attached hydrogens (tertiary/aromatic N) is 1. The lowest BCUT2D eigenvalue weighted by molar-refractivity contribution is 0.0568. The molecule has 5 aromatic rings. The van der Waals surface area contributed by atoms with Crippen LogP contribution in [-0.2, 0) is 13.0 Å². The van der Waals surface area contributed by atoms with Crippen molar-refractivity contribution >= 4 is 27.6 Å². The maximum Gasteiger partial charge on any atom is 0.255 e. The second-order valence-corrected chi connectivity index (χ2v) is 8.62. The standard InChI is InChI=1S/C29H24N2O2/c32-29(27-11-5-9-20-6-3-4-10-26(20)27)31-18-23-8-2-1-7-22(23)16-24(31)19-33-25-13-12-21-14-15-30-28(21)17-25/h1-15,17,24,30H,16,18-19H2/t24-/m0/s1. The molecule has 4 nitrogen and oxygen atoms in total. The second kappa shape index (κ2) is 8.14. The number of hydrogen-bond donors (Lipinski definition) is 1. The van der Waals surface area contributed by atoms with Crippen LogP contribution < -0.4 is 4.74 Å². The minimum Gasteiger partial charge on any atom is -0.491 e. The summed E-state index contributed by atoms with van der Waals surface area (Å²) in [6.45, 7) is 1.03. The number of nitrogens with one attached hydrogen (secondary N) is 1. The number of carbonyl (C=O) groups is 1. The number of fused-ring (bicyclic) bond motifs is 3. The van der Waals surface area contributed by atoms with E-state index in [1.165, 1.54) is 11.1 Å². The smallest absolute Gasteiger partial charge is 0.255 e. The molecule has 4 heteroatoms. The summed E-state index contributed by atoms with van der Waals surface area (Å²) in [5.41, 5.74) is 4.28. The number of rotatable bonds is 4. The third kappa shape index (κ3) is 3.64. The molecule has 1 amide bonds. The molecule has 0 spiro atoms. The summed E-state index contributed by atoms with van der Waals surface area (Å²) >= 11 is 0. The lowest BCUT2D eigenvalue weighted by Crippen LogP contribution is -2.47. The highest BCUT2D eigenvalue weighted by atomic mass is 16.5. The fraction of sp³-hybridized carbons (Fsp3) is 0.138. The average molecular weight is 433 g/mol. The quantitative estimate of drug-likeness (QED) is 0.380. The fourth-order valence-corrected chi connectivity index (χ4v) is 4.85. The van der Waals surface area contributed by atoms with Gasteiger partial charge >= 0.3 is 0 Å². The first kappa shape index (κ1) is 19.6. The zero-order chi connectivity index (χ0) is 22.2. The molecule has 0 unspecified atom stereocenters. The molecular formula is C29H24N2O2. The summed E-state index contributed by atoms with van der Waals surface area (Å²) in [5.74, 6) is 0.857. The van der Waals surface area contributed by atoms with E-state index in [9.17, 15) is 4.79 Å². The molecule has 0 aliphatic carbocycles. The minimum absolute atomic E-state index is 0.0503. The van der Waals surface area contributed by atoms with Gasteiger partial charge in [0.2, 0.25) is 0 Å². The van der Waals surface area contributed by atoms with Gasteiger partial charge in [0, 0.05) is 29.9 Å². The van der Waals surface area contributed by atoms with Crippen LogP contribution in [0, 0.1) is 0 Å². The normalized spacial score (nSPS) is 15.5. The fourth-order valence-electron chi connectivity index (χ4n) is 4.85. The first-order chi connectivity index (χ1) is 16.3. The van der Waals surface area contributed by atoms with Crippen molar-refractivity contribution in [2.24, 2.45) is 0 Å². The average Bonchev–Trinajstić information content (AvgIpc) is 3.34. The molecule has 0 saturated heterocycles. The second-order valence-electron chi connectivity index (χ2n) is 8.62. The number of H-pyrrole nitrogens is 1. The Balaban J connectivity index is 1.32. The van der Waals surface area contributed by atoms with E-state index in [1.807, 2.05) is 65.7 Å². The summed E-state index contributed by atoms with van der Waals surface area (Å²) in [7, 11) is 0. The lowest BCUT2D eigenvalue weighted by atomic mass is 9.93. The van der Waals surface area contributed by atoms with Crippen molar-refractivity contribution in [2.45, 2.75) is 19.0 Å². The number of carbonyl (C=O) groups excluding carboxylic acids is 1. The third-order valence-electron chi connectivity index (χ3n) is 6.61. The SMILES string of the molecule is O=C(c1cccc2ccccc12)N1Cc2ccccc2C[C@H]1COc1ccc2cc[nH]c2c1. The monoisotopic (exact) mass is 432 g/mol. The topological polar surface area (TPSA) is 45.3 Å². The van der Waals surface area contributed by atoms with Crippen LogP contribution in [0.2, 0.25) is 0 Å². The number of hydrogen-bond acceptors (Lipinski definition) is 2. The predicted octanol–water partition coefficient (Wildman–Crippen LogP) is 5.97. The minimum atomic E-state index is -0.0503. The summed E-state index contributed by atoms with van der Waals surface area (Å²) in [6.07, 6.45) is 2.70. The predicted molar refractivity (Wildman–Crippen MR) is 132 cm³/mol. The molecule has 0 radical (unpaired) electrons. The van der Waals surface area contributed by atoms with Crippen LogP contribution in [0.25, 0.3) is 21.7 Å². The third-order valence-corrected chi connectivity index (χ3v) is 6.61. The molecule has 4 aromatic carbocycles. The Bertz CT molecular complexity index is 1460. The van der Waals surface area contributed by atoms with E-state index < -0.39 is 0 Å². The number of benzene rings is 4. The summed E-state index contributed by atoms with van der Waals surface area (Å²) in [5, 5.41) is 3.22. The highest BCUT2D eigenvalue weighted by Gasteiger charge is 2.31. The van der Waals surface area contributed by atoms with Crippen LogP contribution >= 0.6 is 0 Å². The van der Waals surface area contributed by atoms with Crippen molar-refractivity contribution in [1.82, 2.24) is 9.88 Å². The van der Waals surface area contributed by atoms with Gasteiger partial charge in [0.25, 0.3) is 5.91 Å². The molecule has 1 aromatic heterocycles. The van der Waals surface area contributed by atoms with Crippen molar-refractivity contribution < 1.29 is 9.53 Å². The Morgan fingerprint density at radius 2 is 1.70 bits per heavy atom. The van der Waals surface area contributed by atoms with Crippen LogP contribution in [0.5, 0.6) is 5.75 Å². The molecule has 1 aliphatic rings. The Hall–Kier alpha value is -4.05. The Kier molecular flexibility index (Phi) is 4.84. The van der Waals surface area contributed by atoms with E-state index in [4.69, 9.17) is 4.74 Å². The van der Waals surface area contributed by atoms with Gasteiger partial charge in [0.15, 0.2) is 0 Å². The Labute approximate surface area is 192 Å². The lowest BCUT2D eigenvalue weighted by Gasteiger charge is -2.37. The van der Waals surface area contributed by atoms with E-state index in [-0.39, 0.29) is 11.9 Å². The van der Waals surface area contributed by atoms with Gasteiger partial charge in [-0.1, -0.05) is 60.7 Å². The summed E-state index contributed by atoms with van der Waals surface area (Å²) < 4.78 is 6.23. The van der Waals surface area contributed by atoms with Crippen LogP contribution in [-0.4, -0.2) is 28.4 Å². The number of aromatic amines is 1. The van der Waals surface area contributed by atoms with Crippen LogP contribution in [0.4, 0.5) is 0 Å². The summed E-state index contributed by atoms with van der Waals surface area (Å²) in [6, 6.07) is 30.5. The molecule has 1 atom stereocenters. The maximum atomic E-state index is 13.9. The van der Waals surface area contributed by atoms with Gasteiger partial charge < -0.3 is 14.6 Å². The number of amides is 1. The molecule has 0 fully saturated rings. The maximum absolute atomic E-state index is 13.9. The molecule has 2 heterocycles. The Morgan fingerprint density at radius 3 is 2.64 bits per heavy atom. The van der Waals surface area contributed by atoms with Gasteiger partial charge in [0.05, 0.1) is 6.04 Å². The molecule has 1 N–H and O–H groups in total. The number of ether oxygens (including phenoxy) is 1. The molecule has 162 valence electrons. The molecule has 1 aliphatic heterocycles. The van der Waals surface area contributed by atoms with Gasteiger partial charge in [-0.3, -0.25) is 4.79 Å². The van der Waals surface area contributed by atoms with Crippen molar-refractivity contribution in [2.75, 3.05) is 6.61 Å². The van der Waals surface area contributed by atoms with Gasteiger partial charge in [-0.2, -0.15) is 0 Å². The van der Waals surface area contributed by atoms with Crippen LogP contribution in [0.15, 0.2) is 97.2 Å². The number of aromatic nitrogens is 1. The van der Waals surface area contributed by atoms with Gasteiger partial charge in [-0.25, -0.2) is 0 Å². The van der Waals surface area contributed by atoms with Gasteiger partial charge in [-0.05, 0) is 58.0 Å². The van der Waals surface area contributed by atoms with Crippen molar-refractivity contribution in [3.05, 3.63) is 114 Å². The zero-order valence-electron chi connectivity index (χ0n) is 18.2. The van der Waals surface area contributed by atoms with Crippen LogP contribution in [0.3, 0.4) is 0 Å². The first-order valence-corrected chi connectivity index (χ1v) is 11.3. The van der Waals surface area contributed by atoms with E-state index in [2.05, 4.69) is 41.4 Å². The zero-order valence-corrected chi connectivity index (χ0v) is 18.2. The van der Waals surface area contributed by atoms with E-state index in [0.717, 1.165) is 39.4 Å². The highest BCUT2D eigenvalue weighted by Crippen LogP contribution is 2.28. The van der Waals surface area contributed by atoms with Gasteiger partial charge in [0.1, 0.15) is 12.4 Å². The first-order valence-electron chi connectivity index (χ1n) is 11.3. The molecule has 33 heavy (non-hydrogen) atoms. The van der Waals surface area contributed by atoms with E-state index >= 15 is 0 Å². The van der Waals surface area contributed by atoms with E-state index in [1.54, 1.807) is 0 Å². The Morgan fingerprint density at radius 1 is 0.879 bits per heavy atom. The largest absolute Gasteiger partial charge is 0.491 e. The molecule has 0 saturated carbocycles. The van der Waals surface area contributed by atoms with Crippen LogP contribution in [0.1, 0.15) is 21.5 Å². The van der Waals surface area contributed by atoms with Gasteiger partial charge in [-0.15, -0.1) is 0 Å². The highest BCUT2D eigenvalue weighted by molar-refractivity contribution is 6.07. The summed E-state index contributed by atoms with van der Waals surface area (Å²) in [4.78, 5) is 19.1. The van der Waals surface area contributed by atoms with Crippen molar-refractivity contribution in [3.8, 4) is 5.75 Å².